The molecule has 9 atom stereocenters. The van der Waals surface area contributed by atoms with Crippen LogP contribution in [0.15, 0.2) is 12.1 Å². The predicted octanol–water partition coefficient (Wildman–Crippen LogP) is 3.92. The van der Waals surface area contributed by atoms with E-state index in [-0.39, 0.29) is 39.6 Å². The highest BCUT2D eigenvalue weighted by Gasteiger charge is 2.93. The number of hydrogen-bond acceptors (Lipinski definition) is 5. The molecule has 0 radical (unpaired) electrons. The van der Waals surface area contributed by atoms with Gasteiger partial charge in [-0.05, 0) is 68.9 Å². The van der Waals surface area contributed by atoms with E-state index in [1.807, 2.05) is 20.1 Å². The first-order valence-corrected chi connectivity index (χ1v) is 13.1. The second-order valence-corrected chi connectivity index (χ2v) is 13.9. The molecule has 2 aliphatic heterocycles. The van der Waals surface area contributed by atoms with Crippen molar-refractivity contribution in [2.24, 2.45) is 16.7 Å². The third-order valence-electron chi connectivity index (χ3n) is 12.2. The number of piperidine rings is 1. The van der Waals surface area contributed by atoms with Crippen molar-refractivity contribution in [3.8, 4) is 11.5 Å². The van der Waals surface area contributed by atoms with Gasteiger partial charge >= 0.3 is 0 Å². The molecule has 1 saturated heterocycles. The van der Waals surface area contributed by atoms with Crippen LogP contribution in [0.2, 0.25) is 0 Å². The fourth-order valence-corrected chi connectivity index (χ4v) is 10.4. The van der Waals surface area contributed by atoms with E-state index < -0.39 is 11.2 Å². The molecule has 5 nitrogen and oxygen atoms in total. The molecule has 33 heavy (non-hydrogen) atoms. The Morgan fingerprint density at radius 1 is 1.15 bits per heavy atom. The van der Waals surface area contributed by atoms with Gasteiger partial charge in [0.15, 0.2) is 11.5 Å². The summed E-state index contributed by atoms with van der Waals surface area (Å²) in [7, 11) is 1.83. The molecule has 0 amide bonds. The fourth-order valence-electron chi connectivity index (χ4n) is 10.4. The number of aromatic hydroxyl groups is 1. The van der Waals surface area contributed by atoms with Gasteiger partial charge in [0.05, 0.1) is 5.60 Å². The molecule has 5 heteroatoms. The van der Waals surface area contributed by atoms with Crippen molar-refractivity contribution >= 4 is 0 Å². The van der Waals surface area contributed by atoms with E-state index in [1.165, 1.54) is 24.0 Å². The summed E-state index contributed by atoms with van der Waals surface area (Å²) >= 11 is 0. The highest BCUT2D eigenvalue weighted by atomic mass is 16.6. The van der Waals surface area contributed by atoms with Gasteiger partial charge in [0, 0.05) is 47.0 Å². The maximum atomic E-state index is 12.2. The predicted molar refractivity (Wildman–Crippen MR) is 123 cm³/mol. The highest BCUT2D eigenvalue weighted by molar-refractivity contribution is 5.67. The van der Waals surface area contributed by atoms with Gasteiger partial charge in [-0.3, -0.25) is 4.90 Å². The number of phenolic OH excluding ortho intramolecular Hbond substituents is 1. The molecule has 6 fully saturated rings. The van der Waals surface area contributed by atoms with Crippen LogP contribution in [0.1, 0.15) is 77.3 Å². The lowest BCUT2D eigenvalue weighted by atomic mass is 9.38. The Morgan fingerprint density at radius 2 is 1.91 bits per heavy atom. The van der Waals surface area contributed by atoms with Gasteiger partial charge in [0.25, 0.3) is 0 Å². The van der Waals surface area contributed by atoms with Gasteiger partial charge in [-0.2, -0.15) is 0 Å². The van der Waals surface area contributed by atoms with Crippen LogP contribution in [0.3, 0.4) is 0 Å². The second-order valence-electron chi connectivity index (χ2n) is 13.9. The average Bonchev–Trinajstić information content (AvgIpc) is 3.64. The number of ether oxygens (including phenoxy) is 2. The van der Waals surface area contributed by atoms with E-state index in [9.17, 15) is 10.2 Å². The number of hydrogen-bond donors (Lipinski definition) is 2. The Hall–Kier alpha value is -1.30. The van der Waals surface area contributed by atoms with E-state index >= 15 is 0 Å². The van der Waals surface area contributed by atoms with Gasteiger partial charge in [-0.25, -0.2) is 0 Å². The largest absolute Gasteiger partial charge is 0.504 e. The summed E-state index contributed by atoms with van der Waals surface area (Å²) in [6, 6.07) is 5.34. The van der Waals surface area contributed by atoms with Crippen LogP contribution < -0.4 is 4.74 Å². The van der Waals surface area contributed by atoms with Gasteiger partial charge < -0.3 is 19.7 Å². The molecule has 5 saturated carbocycles. The topological polar surface area (TPSA) is 61.9 Å². The smallest absolute Gasteiger partial charge is 0.165 e. The molecule has 6 aliphatic carbocycles. The molecular formula is C28H37NO4. The van der Waals surface area contributed by atoms with Crippen LogP contribution in [0.25, 0.3) is 0 Å². The van der Waals surface area contributed by atoms with E-state index in [4.69, 9.17) is 9.47 Å². The summed E-state index contributed by atoms with van der Waals surface area (Å²) in [5.41, 5.74) is 1.16. The van der Waals surface area contributed by atoms with Gasteiger partial charge in [-0.15, -0.1) is 0 Å². The Labute approximate surface area is 196 Å². The lowest BCUT2D eigenvalue weighted by molar-refractivity contribution is -0.291. The molecule has 4 bridgehead atoms. The van der Waals surface area contributed by atoms with E-state index in [2.05, 4.69) is 31.7 Å². The molecule has 0 aromatic heterocycles. The van der Waals surface area contributed by atoms with Crippen LogP contribution in [0.4, 0.5) is 0 Å². The minimum absolute atomic E-state index is 0.0164. The molecule has 7 unspecified atom stereocenters. The van der Waals surface area contributed by atoms with Gasteiger partial charge in [0.2, 0.25) is 0 Å². The Kier molecular flexibility index (Phi) is 3.10. The first-order valence-electron chi connectivity index (χ1n) is 13.1. The summed E-state index contributed by atoms with van der Waals surface area (Å²) in [5, 5.41) is 23.1. The molecule has 8 aliphatic rings. The van der Waals surface area contributed by atoms with Gasteiger partial charge in [0.1, 0.15) is 11.7 Å². The minimum atomic E-state index is -0.899. The maximum Gasteiger partial charge on any atom is 0.165 e. The van der Waals surface area contributed by atoms with Crippen molar-refractivity contribution in [3.63, 3.8) is 0 Å². The molecule has 1 aromatic rings. The number of rotatable bonds is 3. The van der Waals surface area contributed by atoms with E-state index in [0.717, 1.165) is 43.9 Å². The first-order chi connectivity index (χ1) is 15.5. The number of benzene rings is 1. The summed E-state index contributed by atoms with van der Waals surface area (Å²) in [6.07, 6.45) is 7.75. The zero-order valence-electron chi connectivity index (χ0n) is 20.6. The Morgan fingerprint density at radius 3 is 2.58 bits per heavy atom. The van der Waals surface area contributed by atoms with Crippen molar-refractivity contribution in [3.05, 3.63) is 23.3 Å². The molecule has 2 N–H and O–H groups in total. The number of fused-ring (bicyclic) bond motifs is 2. The van der Waals surface area contributed by atoms with Gasteiger partial charge in [-0.1, -0.05) is 26.8 Å². The zero-order chi connectivity index (χ0) is 23.0. The van der Waals surface area contributed by atoms with Crippen LogP contribution >= 0.6 is 0 Å². The lowest BCUT2D eigenvalue weighted by Crippen LogP contribution is -2.78. The molecule has 1 aromatic carbocycles. The van der Waals surface area contributed by atoms with Crippen LogP contribution in [-0.2, 0) is 16.6 Å². The third-order valence-corrected chi connectivity index (χ3v) is 12.2. The molecule has 2 heterocycles. The molecule has 3 spiro atoms. The third kappa shape index (κ3) is 1.74. The van der Waals surface area contributed by atoms with Crippen LogP contribution in [0.5, 0.6) is 11.5 Å². The zero-order valence-corrected chi connectivity index (χ0v) is 20.6. The van der Waals surface area contributed by atoms with Crippen molar-refractivity contribution < 1.29 is 19.7 Å². The number of methoxy groups -OCH3 is 1. The maximum absolute atomic E-state index is 12.2. The highest BCUT2D eigenvalue weighted by Crippen LogP contribution is 2.86. The normalized spacial score (nSPS) is 51.6. The SMILES string of the molecule is COC12CCC3(CC1C(C)(O)C(C)(C)C)C1N(C4CC4)[C@@]14Cc1ccc(O)c5c1[C@@]3(C4)C2O5. The van der Waals surface area contributed by atoms with Crippen LogP contribution in [0, 0.1) is 16.7 Å². The number of phenols is 1. The van der Waals surface area contributed by atoms with Crippen molar-refractivity contribution in [1.82, 2.24) is 4.90 Å². The first kappa shape index (κ1) is 19.9. The quantitative estimate of drug-likeness (QED) is 0.682. The lowest BCUT2D eigenvalue weighted by Gasteiger charge is -2.69. The fraction of sp³-hybridized carbons (Fsp3) is 0.786. The van der Waals surface area contributed by atoms with Crippen LogP contribution in [-0.4, -0.2) is 57.2 Å². The standard InChI is InChI=1S/C28H37NO4/c1-23(2,3)24(4,31)18-13-25-10-11-28(18,32-5)22-27(25)14-26(21(25)29(26)16-7-8-16)12-15-6-9-17(30)20(33-22)19(15)27/h6,9,16,18,21-22,30-31H,7-8,10-14H2,1-5H3/t18?,21?,22?,24?,25?,26-,27+,28?,29?/m1/s1. The minimum Gasteiger partial charge on any atom is -0.504 e. The summed E-state index contributed by atoms with van der Waals surface area (Å²) in [5.74, 6) is 0.973. The Bertz CT molecular complexity index is 1120. The van der Waals surface area contributed by atoms with E-state index in [1.54, 1.807) is 0 Å². The van der Waals surface area contributed by atoms with Crippen molar-refractivity contribution in [2.75, 3.05) is 7.11 Å². The number of likely N-dealkylation sites (tertiary alicyclic amines) is 1. The summed E-state index contributed by atoms with van der Waals surface area (Å²) in [6.45, 7) is 8.50. The summed E-state index contributed by atoms with van der Waals surface area (Å²) in [4.78, 5) is 2.90. The average molecular weight is 452 g/mol. The number of aliphatic hydroxyl groups is 1. The molecular weight excluding hydrogens is 414 g/mol. The van der Waals surface area contributed by atoms with Crippen molar-refractivity contribution in [1.29, 1.82) is 0 Å². The second kappa shape index (κ2) is 5.12. The molecule has 178 valence electrons. The van der Waals surface area contributed by atoms with Crippen molar-refractivity contribution in [2.45, 2.75) is 113 Å². The van der Waals surface area contributed by atoms with E-state index in [0.29, 0.717) is 6.04 Å². The number of nitrogens with zero attached hydrogens (tertiary/aromatic N) is 1. The monoisotopic (exact) mass is 451 g/mol. The molecule has 9 rings (SSSR count). The summed E-state index contributed by atoms with van der Waals surface area (Å²) < 4.78 is 13.4. The Balaban J connectivity index is 1.41.